The van der Waals surface area contributed by atoms with Crippen LogP contribution in [0.1, 0.15) is 49.0 Å². The Morgan fingerprint density at radius 2 is 2.19 bits per heavy atom. The van der Waals surface area contributed by atoms with Gasteiger partial charge in [0.05, 0.1) is 12.2 Å². The molecule has 0 saturated carbocycles. The number of rotatable bonds is 5. The van der Waals surface area contributed by atoms with Crippen LogP contribution in [0, 0.1) is 17.7 Å². The summed E-state index contributed by atoms with van der Waals surface area (Å²) in [5.74, 6) is 4.70. The number of hydrogen-bond donors (Lipinski definition) is 1. The molecule has 0 bridgehead atoms. The molecule has 1 amide bonds. The highest BCUT2D eigenvalue weighted by atomic mass is 19.1. The quantitative estimate of drug-likeness (QED) is 0.847. The van der Waals surface area contributed by atoms with Gasteiger partial charge in [0, 0.05) is 25.1 Å². The molecule has 1 rings (SSSR count). The topological polar surface area (TPSA) is 40.5 Å². The van der Waals surface area contributed by atoms with E-state index in [0.717, 1.165) is 12.8 Å². The van der Waals surface area contributed by atoms with E-state index in [4.69, 9.17) is 5.11 Å². The molecule has 1 aromatic rings. The normalized spacial score (nSPS) is 11.5. The average molecular weight is 291 g/mol. The molecular formula is C17H22FNO2. The predicted octanol–water partition coefficient (Wildman–Crippen LogP) is 2.82. The van der Waals surface area contributed by atoms with Crippen molar-refractivity contribution in [2.24, 2.45) is 0 Å². The van der Waals surface area contributed by atoms with Crippen molar-refractivity contribution in [2.75, 3.05) is 13.7 Å². The minimum atomic E-state index is -0.539. The standard InChI is InChI=1S/C17H22FNO2/c1-4-7-13(2)19(3)17(21)15-12-14(8-5-6-11-20)9-10-16(15)18/h9-10,12-13,20H,4,6-7,11H2,1-3H3. The van der Waals surface area contributed by atoms with E-state index in [1.165, 1.54) is 18.2 Å². The molecule has 0 fully saturated rings. The molecule has 0 heterocycles. The van der Waals surface area contributed by atoms with Crippen LogP contribution in [0.4, 0.5) is 4.39 Å². The van der Waals surface area contributed by atoms with Crippen LogP contribution in [0.5, 0.6) is 0 Å². The van der Waals surface area contributed by atoms with Gasteiger partial charge in [-0.15, -0.1) is 0 Å². The molecule has 0 aliphatic heterocycles. The molecule has 3 nitrogen and oxygen atoms in total. The molecule has 1 unspecified atom stereocenters. The zero-order valence-corrected chi connectivity index (χ0v) is 12.8. The Kier molecular flexibility index (Phi) is 6.90. The van der Waals surface area contributed by atoms with Gasteiger partial charge in [-0.3, -0.25) is 4.79 Å². The predicted molar refractivity (Wildman–Crippen MR) is 81.4 cm³/mol. The molecule has 1 N–H and O–H groups in total. The van der Waals surface area contributed by atoms with Crippen LogP contribution in [0.3, 0.4) is 0 Å². The summed E-state index contributed by atoms with van der Waals surface area (Å²) in [4.78, 5) is 13.9. The summed E-state index contributed by atoms with van der Waals surface area (Å²) in [6.07, 6.45) is 2.20. The fourth-order valence-electron chi connectivity index (χ4n) is 1.99. The lowest BCUT2D eigenvalue weighted by Crippen LogP contribution is -2.35. The molecule has 0 spiro atoms. The Morgan fingerprint density at radius 1 is 1.48 bits per heavy atom. The second-order valence-electron chi connectivity index (χ2n) is 5.02. The van der Waals surface area contributed by atoms with Gasteiger partial charge in [0.2, 0.25) is 0 Å². The van der Waals surface area contributed by atoms with Gasteiger partial charge in [0.15, 0.2) is 0 Å². The minimum absolute atomic E-state index is 0.0166. The van der Waals surface area contributed by atoms with Gasteiger partial charge in [-0.05, 0) is 31.5 Å². The van der Waals surface area contributed by atoms with Gasteiger partial charge in [0.25, 0.3) is 5.91 Å². The lowest BCUT2D eigenvalue weighted by molar-refractivity contribution is 0.0732. The fraction of sp³-hybridized carbons (Fsp3) is 0.471. The SMILES string of the molecule is CCCC(C)N(C)C(=O)c1cc(C#CCCO)ccc1F. The van der Waals surface area contributed by atoms with Crippen LogP contribution >= 0.6 is 0 Å². The Hall–Kier alpha value is -1.86. The Bertz CT molecular complexity index is 545. The van der Waals surface area contributed by atoms with Gasteiger partial charge < -0.3 is 10.0 Å². The monoisotopic (exact) mass is 291 g/mol. The van der Waals surface area contributed by atoms with E-state index in [1.54, 1.807) is 11.9 Å². The second-order valence-corrected chi connectivity index (χ2v) is 5.02. The maximum atomic E-state index is 13.9. The first-order valence-corrected chi connectivity index (χ1v) is 7.17. The maximum absolute atomic E-state index is 13.9. The second kappa shape index (κ2) is 8.43. The summed E-state index contributed by atoms with van der Waals surface area (Å²) < 4.78 is 13.9. The molecule has 0 aliphatic rings. The first-order chi connectivity index (χ1) is 10.0. The molecule has 0 radical (unpaired) electrons. The molecule has 0 aromatic heterocycles. The molecule has 4 heteroatoms. The lowest BCUT2D eigenvalue weighted by atomic mass is 10.1. The van der Waals surface area contributed by atoms with Gasteiger partial charge in [0.1, 0.15) is 5.82 Å². The summed E-state index contributed by atoms with van der Waals surface area (Å²) in [7, 11) is 1.69. The van der Waals surface area contributed by atoms with E-state index >= 15 is 0 Å². The van der Waals surface area contributed by atoms with Crippen LogP contribution in [0.15, 0.2) is 18.2 Å². The molecular weight excluding hydrogens is 269 g/mol. The first kappa shape index (κ1) is 17.2. The van der Waals surface area contributed by atoms with Crippen molar-refractivity contribution in [3.05, 3.63) is 35.1 Å². The molecule has 1 atom stereocenters. The molecule has 1 aromatic carbocycles. The zero-order valence-electron chi connectivity index (χ0n) is 12.8. The smallest absolute Gasteiger partial charge is 0.256 e. The largest absolute Gasteiger partial charge is 0.395 e. The number of carbonyl (C=O) groups is 1. The van der Waals surface area contributed by atoms with E-state index in [1.807, 2.05) is 13.8 Å². The third-order valence-corrected chi connectivity index (χ3v) is 3.35. The minimum Gasteiger partial charge on any atom is -0.395 e. The van der Waals surface area contributed by atoms with Crippen LogP contribution in [-0.4, -0.2) is 35.6 Å². The number of amides is 1. The molecule has 114 valence electrons. The van der Waals surface area contributed by atoms with E-state index < -0.39 is 5.82 Å². The lowest BCUT2D eigenvalue weighted by Gasteiger charge is -2.25. The summed E-state index contributed by atoms with van der Waals surface area (Å²) in [6, 6.07) is 4.32. The van der Waals surface area contributed by atoms with Crippen LogP contribution in [0.25, 0.3) is 0 Å². The number of aliphatic hydroxyl groups is 1. The highest BCUT2D eigenvalue weighted by Crippen LogP contribution is 2.15. The van der Waals surface area contributed by atoms with E-state index in [9.17, 15) is 9.18 Å². The first-order valence-electron chi connectivity index (χ1n) is 7.17. The Morgan fingerprint density at radius 3 is 2.81 bits per heavy atom. The van der Waals surface area contributed by atoms with Crippen molar-refractivity contribution in [2.45, 2.75) is 39.2 Å². The van der Waals surface area contributed by atoms with Crippen molar-refractivity contribution in [3.8, 4) is 11.8 Å². The van der Waals surface area contributed by atoms with Crippen LogP contribution in [0.2, 0.25) is 0 Å². The van der Waals surface area contributed by atoms with Crippen molar-refractivity contribution in [1.82, 2.24) is 4.90 Å². The summed E-state index contributed by atoms with van der Waals surface area (Å²) in [6.45, 7) is 3.98. The van der Waals surface area contributed by atoms with E-state index in [0.29, 0.717) is 12.0 Å². The average Bonchev–Trinajstić information content (AvgIpc) is 2.48. The molecule has 0 aliphatic carbocycles. The third-order valence-electron chi connectivity index (χ3n) is 3.35. The van der Waals surface area contributed by atoms with E-state index in [2.05, 4.69) is 11.8 Å². The number of aliphatic hydroxyl groups excluding tert-OH is 1. The number of carbonyl (C=O) groups excluding carboxylic acids is 1. The number of nitrogens with zero attached hydrogens (tertiary/aromatic N) is 1. The molecule has 0 saturated heterocycles. The third kappa shape index (κ3) is 4.87. The Balaban J connectivity index is 2.98. The van der Waals surface area contributed by atoms with E-state index in [-0.39, 0.29) is 24.1 Å². The number of halogens is 1. The van der Waals surface area contributed by atoms with Gasteiger partial charge in [-0.25, -0.2) is 4.39 Å². The van der Waals surface area contributed by atoms with Gasteiger partial charge in [-0.1, -0.05) is 25.2 Å². The van der Waals surface area contributed by atoms with Crippen molar-refractivity contribution >= 4 is 5.91 Å². The zero-order chi connectivity index (χ0) is 15.8. The Labute approximate surface area is 125 Å². The van der Waals surface area contributed by atoms with Crippen molar-refractivity contribution in [3.63, 3.8) is 0 Å². The highest BCUT2D eigenvalue weighted by Gasteiger charge is 2.20. The summed E-state index contributed by atoms with van der Waals surface area (Å²) >= 11 is 0. The number of hydrogen-bond acceptors (Lipinski definition) is 2. The van der Waals surface area contributed by atoms with Crippen molar-refractivity contribution in [1.29, 1.82) is 0 Å². The highest BCUT2D eigenvalue weighted by molar-refractivity contribution is 5.94. The maximum Gasteiger partial charge on any atom is 0.256 e. The number of benzene rings is 1. The fourth-order valence-corrected chi connectivity index (χ4v) is 1.99. The van der Waals surface area contributed by atoms with Gasteiger partial charge in [-0.2, -0.15) is 0 Å². The summed E-state index contributed by atoms with van der Waals surface area (Å²) in [5, 5.41) is 8.69. The summed E-state index contributed by atoms with van der Waals surface area (Å²) in [5.41, 5.74) is 0.612. The van der Waals surface area contributed by atoms with Crippen LogP contribution < -0.4 is 0 Å². The van der Waals surface area contributed by atoms with Gasteiger partial charge >= 0.3 is 0 Å². The van der Waals surface area contributed by atoms with Crippen molar-refractivity contribution < 1.29 is 14.3 Å². The molecule has 21 heavy (non-hydrogen) atoms. The van der Waals surface area contributed by atoms with Crippen LogP contribution in [-0.2, 0) is 0 Å².